The molecule has 0 aromatic carbocycles. The topological polar surface area (TPSA) is 60.1 Å². The zero-order chi connectivity index (χ0) is 40.7. The van der Waals surface area contributed by atoms with E-state index in [1.165, 1.54) is 151 Å². The lowest BCUT2D eigenvalue weighted by Crippen LogP contribution is -2.15. The molecule has 1 aliphatic heterocycles. The minimum absolute atomic E-state index is 0.240. The number of aliphatic carboxylic acids is 1. The van der Waals surface area contributed by atoms with Crippen LogP contribution >= 0.6 is 56.7 Å². The van der Waals surface area contributed by atoms with Crippen LogP contribution in [0.15, 0.2) is 42.1 Å². The predicted octanol–water partition coefficient (Wildman–Crippen LogP) is 16.7. The van der Waals surface area contributed by atoms with Gasteiger partial charge in [-0.1, -0.05) is 104 Å². The molecule has 6 rings (SSSR count). The number of carboxylic acid groups (broad SMARTS) is 1. The minimum atomic E-state index is -1.18. The molecule has 0 atom stereocenters. The largest absolute Gasteiger partial charge is 0.486 e. The van der Waals surface area contributed by atoms with E-state index >= 15 is 0 Å². The normalized spacial score (nSPS) is 12.7. The Labute approximate surface area is 366 Å². The quantitative estimate of drug-likeness (QED) is 0.0360. The van der Waals surface area contributed by atoms with Gasteiger partial charge in [-0.3, -0.25) is 4.79 Å². The molecule has 0 spiro atoms. The van der Waals surface area contributed by atoms with E-state index in [9.17, 15) is 9.90 Å². The summed E-state index contributed by atoms with van der Waals surface area (Å²) >= 11 is 9.10. The van der Waals surface area contributed by atoms with Gasteiger partial charge in [-0.25, -0.2) is 4.85 Å². The van der Waals surface area contributed by atoms with E-state index < -0.39 is 5.97 Å². The van der Waals surface area contributed by atoms with Crippen molar-refractivity contribution in [2.24, 2.45) is 0 Å². The van der Waals surface area contributed by atoms with E-state index in [-0.39, 0.29) is 5.70 Å². The van der Waals surface area contributed by atoms with Crippen molar-refractivity contribution in [1.82, 2.24) is 0 Å². The summed E-state index contributed by atoms with van der Waals surface area (Å²) in [7, 11) is 0. The summed E-state index contributed by atoms with van der Waals surface area (Å²) in [6.07, 6.45) is 24.5. The van der Waals surface area contributed by atoms with Gasteiger partial charge in [-0.2, -0.15) is 0 Å². The highest BCUT2D eigenvalue weighted by atomic mass is 32.1. The van der Waals surface area contributed by atoms with E-state index in [1.807, 2.05) is 45.3 Å². The molecule has 0 radical (unpaired) electrons. The molecule has 10 heteroatoms. The third-order valence-corrected chi connectivity index (χ3v) is 17.1. The third-order valence-electron chi connectivity index (χ3n) is 10.7. The Bertz CT molecular complexity index is 2130. The number of hydrogen-bond acceptors (Lipinski definition) is 8. The van der Waals surface area contributed by atoms with Crippen LogP contribution < -0.4 is 9.47 Å². The number of aryl methyl sites for hydroxylation is 3. The van der Waals surface area contributed by atoms with Crippen molar-refractivity contribution in [3.05, 3.63) is 74.4 Å². The smallest absolute Gasteiger partial charge is 0.333 e. The maximum Gasteiger partial charge on any atom is 0.333 e. The third kappa shape index (κ3) is 11.8. The first-order valence-corrected chi connectivity index (χ1v) is 25.7. The minimum Gasteiger partial charge on any atom is -0.486 e. The van der Waals surface area contributed by atoms with Crippen LogP contribution in [0.4, 0.5) is 0 Å². The molecule has 0 saturated carbocycles. The molecule has 58 heavy (non-hydrogen) atoms. The summed E-state index contributed by atoms with van der Waals surface area (Å²) in [5, 5.41) is 9.59. The van der Waals surface area contributed by atoms with Gasteiger partial charge in [0.05, 0.1) is 16.3 Å². The van der Waals surface area contributed by atoms with Crippen LogP contribution in [-0.4, -0.2) is 24.3 Å². The first-order valence-electron chi connectivity index (χ1n) is 21.6. The number of carboxylic acids is 1. The molecule has 5 aromatic rings. The molecule has 1 aliphatic rings. The highest BCUT2D eigenvalue weighted by molar-refractivity contribution is 7.30. The van der Waals surface area contributed by atoms with Gasteiger partial charge < -0.3 is 14.6 Å². The average Bonchev–Trinajstić information content (AvgIpc) is 4.08. The second-order valence-corrected chi connectivity index (χ2v) is 20.7. The predicted molar refractivity (Wildman–Crippen MR) is 253 cm³/mol. The second kappa shape index (κ2) is 23.0. The van der Waals surface area contributed by atoms with E-state index in [0.717, 1.165) is 42.1 Å². The van der Waals surface area contributed by atoms with Gasteiger partial charge in [0.25, 0.3) is 5.70 Å². The lowest BCUT2D eigenvalue weighted by atomic mass is 10.0. The van der Waals surface area contributed by atoms with E-state index in [1.54, 1.807) is 17.4 Å². The van der Waals surface area contributed by atoms with Gasteiger partial charge in [0, 0.05) is 39.0 Å². The van der Waals surface area contributed by atoms with Gasteiger partial charge in [0.15, 0.2) is 11.5 Å². The summed E-state index contributed by atoms with van der Waals surface area (Å²) in [6.45, 7) is 15.4. The van der Waals surface area contributed by atoms with Crippen molar-refractivity contribution in [2.45, 2.75) is 143 Å². The maximum atomic E-state index is 11.7. The lowest BCUT2D eigenvalue weighted by Gasteiger charge is -2.17. The maximum absolute atomic E-state index is 11.7. The van der Waals surface area contributed by atoms with Crippen LogP contribution in [0.5, 0.6) is 11.5 Å². The number of nitrogens with zero attached hydrogens (tertiary/aromatic N) is 1. The average molecular weight is 874 g/mol. The summed E-state index contributed by atoms with van der Waals surface area (Å²) in [5.74, 6) is 0.738. The van der Waals surface area contributed by atoms with E-state index in [2.05, 4.69) is 62.0 Å². The van der Waals surface area contributed by atoms with Gasteiger partial charge >= 0.3 is 5.97 Å². The molecule has 5 aromatic heterocycles. The van der Waals surface area contributed by atoms with Crippen LogP contribution in [0.3, 0.4) is 0 Å². The molecule has 0 unspecified atom stereocenters. The van der Waals surface area contributed by atoms with Crippen molar-refractivity contribution in [2.75, 3.05) is 13.2 Å². The molecule has 0 amide bonds. The summed E-state index contributed by atoms with van der Waals surface area (Å²) in [6, 6.07) is 13.7. The lowest BCUT2D eigenvalue weighted by molar-refractivity contribution is -0.132. The van der Waals surface area contributed by atoms with Crippen LogP contribution in [0, 0.1) is 6.57 Å². The Kier molecular flexibility index (Phi) is 17.6. The van der Waals surface area contributed by atoms with Gasteiger partial charge in [0.2, 0.25) is 0 Å². The SMILES string of the molecule is [C-]#[N+]/C(=C\c1cc(CCCCCCCC)c(-c2ccc(-c3sc(-c4ccc(-c5sc(CCCCCC)c6c5OCCO6)s4)cc3CCCCCCCC)s2)s1)C(=O)O. The molecule has 0 bridgehead atoms. The van der Waals surface area contributed by atoms with Crippen molar-refractivity contribution >= 4 is 68.7 Å². The molecule has 310 valence electrons. The molecule has 0 saturated heterocycles. The summed E-state index contributed by atoms with van der Waals surface area (Å²) < 4.78 is 12.5. The van der Waals surface area contributed by atoms with Crippen LogP contribution in [0.1, 0.15) is 144 Å². The zero-order valence-corrected chi connectivity index (χ0v) is 38.6. The molecular weight excluding hydrogens is 815 g/mol. The van der Waals surface area contributed by atoms with Crippen molar-refractivity contribution in [3.63, 3.8) is 0 Å². The Balaban J connectivity index is 1.29. The number of thiophene rings is 5. The van der Waals surface area contributed by atoms with Crippen molar-refractivity contribution in [3.8, 4) is 50.5 Å². The first kappa shape index (κ1) is 44.4. The van der Waals surface area contributed by atoms with Crippen LogP contribution in [-0.2, 0) is 24.1 Å². The number of ether oxygens (including phenoxy) is 2. The summed E-state index contributed by atoms with van der Waals surface area (Å²) in [4.78, 5) is 27.3. The molecule has 5 nitrogen and oxygen atoms in total. The van der Waals surface area contributed by atoms with Crippen LogP contribution in [0.25, 0.3) is 49.9 Å². The Hall–Kier alpha value is -3.20. The van der Waals surface area contributed by atoms with Crippen molar-refractivity contribution in [1.29, 1.82) is 0 Å². The van der Waals surface area contributed by atoms with Gasteiger partial charge in [-0.15, -0.1) is 56.7 Å². The van der Waals surface area contributed by atoms with Crippen molar-refractivity contribution < 1.29 is 19.4 Å². The second-order valence-electron chi connectivity index (χ2n) is 15.3. The fourth-order valence-electron chi connectivity index (χ4n) is 7.55. The summed E-state index contributed by atoms with van der Waals surface area (Å²) in [5.41, 5.74) is 2.45. The Morgan fingerprint density at radius 3 is 1.72 bits per heavy atom. The number of carbonyl (C=O) groups is 1. The molecule has 6 heterocycles. The highest BCUT2D eigenvalue weighted by Gasteiger charge is 2.27. The fourth-order valence-corrected chi connectivity index (χ4v) is 13.6. The molecule has 1 N–H and O–H groups in total. The highest BCUT2D eigenvalue weighted by Crippen LogP contribution is 2.53. The number of fused-ring (bicyclic) bond motifs is 1. The monoisotopic (exact) mass is 873 g/mol. The fraction of sp³-hybridized carbons (Fsp3) is 0.500. The molecule has 0 aliphatic carbocycles. The standard InChI is InChI=1S/C48H59NO4S5/c1-5-8-11-14-16-18-21-33-30-35(32-36(49-4)48(50)51)54-45(33)39-26-27-40(56-39)46-34(22-19-17-15-12-9-6-2)31-42(58-46)37-24-25-41(55-37)47-44-43(52-28-29-53-44)38(57-47)23-20-13-10-7-3/h24-27,30-32H,5-23,28-29H2,1-3H3,(H,50,51)/b36-32-. The van der Waals surface area contributed by atoms with Gasteiger partial charge in [0.1, 0.15) is 13.2 Å². The molecular formula is C48H59NO4S5. The van der Waals surface area contributed by atoms with E-state index in [4.69, 9.17) is 16.0 Å². The number of hydrogen-bond donors (Lipinski definition) is 1. The van der Waals surface area contributed by atoms with Gasteiger partial charge in [-0.05, 0) is 92.1 Å². The molecule has 0 fully saturated rings. The number of unbranched alkanes of at least 4 members (excludes halogenated alkanes) is 13. The Morgan fingerprint density at radius 1 is 0.603 bits per heavy atom. The first-order chi connectivity index (χ1) is 28.4. The van der Waals surface area contributed by atoms with Crippen LogP contribution in [0.2, 0.25) is 0 Å². The number of rotatable bonds is 25. The Morgan fingerprint density at radius 2 is 1.10 bits per heavy atom. The zero-order valence-electron chi connectivity index (χ0n) is 34.6. The van der Waals surface area contributed by atoms with E-state index in [0.29, 0.717) is 13.2 Å².